The second-order valence-corrected chi connectivity index (χ2v) is 11.0. The SMILES string of the molecule is N#C[C@H]1CC[C@H](C(=O)N2CCN(C3CC=Nn4cc(-c5ccc(C6CNCC6F)cc5)cc43)CC2)CC1. The van der Waals surface area contributed by atoms with Crippen molar-refractivity contribution in [3.05, 3.63) is 47.8 Å². The van der Waals surface area contributed by atoms with E-state index >= 15 is 0 Å². The van der Waals surface area contributed by atoms with Crippen LogP contribution < -0.4 is 5.32 Å². The summed E-state index contributed by atoms with van der Waals surface area (Å²) in [6, 6.07) is 13.1. The van der Waals surface area contributed by atoms with E-state index in [0.717, 1.165) is 75.0 Å². The summed E-state index contributed by atoms with van der Waals surface area (Å²) in [6.45, 7) is 4.35. The van der Waals surface area contributed by atoms with Crippen LogP contribution in [0.5, 0.6) is 0 Å². The van der Waals surface area contributed by atoms with Crippen LogP contribution in [-0.4, -0.2) is 72.0 Å². The summed E-state index contributed by atoms with van der Waals surface area (Å²) in [4.78, 5) is 17.6. The molecule has 7 nitrogen and oxygen atoms in total. The van der Waals surface area contributed by atoms with Gasteiger partial charge in [-0.2, -0.15) is 10.4 Å². The molecule has 3 fully saturated rings. The topological polar surface area (TPSA) is 76.7 Å². The highest BCUT2D eigenvalue weighted by Gasteiger charge is 2.34. The number of halogens is 1. The fourth-order valence-electron chi connectivity index (χ4n) is 6.55. The van der Waals surface area contributed by atoms with Crippen molar-refractivity contribution in [2.45, 2.75) is 50.2 Å². The van der Waals surface area contributed by atoms with Crippen molar-refractivity contribution in [2.24, 2.45) is 16.9 Å². The molecule has 3 aliphatic heterocycles. The number of alkyl halides is 1. The Morgan fingerprint density at radius 1 is 1.03 bits per heavy atom. The first-order chi connectivity index (χ1) is 18.1. The molecule has 1 amide bonds. The monoisotopic (exact) mass is 502 g/mol. The van der Waals surface area contributed by atoms with E-state index in [9.17, 15) is 9.18 Å². The third-order valence-electron chi connectivity index (χ3n) is 8.84. The number of piperazine rings is 1. The molecule has 2 aromatic rings. The Hall–Kier alpha value is -3.02. The van der Waals surface area contributed by atoms with Crippen LogP contribution in [0.15, 0.2) is 41.6 Å². The Kier molecular flexibility index (Phi) is 6.83. The van der Waals surface area contributed by atoms with Gasteiger partial charge < -0.3 is 10.2 Å². The van der Waals surface area contributed by atoms with E-state index in [1.165, 1.54) is 5.69 Å². The maximum Gasteiger partial charge on any atom is 0.225 e. The van der Waals surface area contributed by atoms with Gasteiger partial charge in [0.15, 0.2) is 0 Å². The minimum Gasteiger partial charge on any atom is -0.340 e. The van der Waals surface area contributed by atoms with Gasteiger partial charge in [0, 0.05) is 81.4 Å². The summed E-state index contributed by atoms with van der Waals surface area (Å²) in [5, 5.41) is 16.9. The number of carbonyl (C=O) groups excluding carboxylic acids is 1. The van der Waals surface area contributed by atoms with Crippen LogP contribution in [0, 0.1) is 23.2 Å². The van der Waals surface area contributed by atoms with Gasteiger partial charge in [0.25, 0.3) is 0 Å². The molecule has 3 unspecified atom stereocenters. The minimum absolute atomic E-state index is 0.0663. The van der Waals surface area contributed by atoms with Gasteiger partial charge in [0.2, 0.25) is 5.91 Å². The number of amides is 1. The molecule has 1 aromatic heterocycles. The smallest absolute Gasteiger partial charge is 0.225 e. The van der Waals surface area contributed by atoms with E-state index < -0.39 is 6.17 Å². The molecule has 0 bridgehead atoms. The van der Waals surface area contributed by atoms with Crippen LogP contribution in [0.3, 0.4) is 0 Å². The van der Waals surface area contributed by atoms with Gasteiger partial charge in [-0.1, -0.05) is 24.3 Å². The van der Waals surface area contributed by atoms with Gasteiger partial charge in [-0.15, -0.1) is 0 Å². The maximum absolute atomic E-state index is 14.1. The lowest BCUT2D eigenvalue weighted by Crippen LogP contribution is -2.51. The Bertz CT molecular complexity index is 1180. The zero-order valence-corrected chi connectivity index (χ0v) is 21.2. The van der Waals surface area contributed by atoms with Crippen molar-refractivity contribution in [3.63, 3.8) is 0 Å². The highest BCUT2D eigenvalue weighted by molar-refractivity contribution is 5.79. The number of hydrogen-bond donors (Lipinski definition) is 1. The standard InChI is InChI=1S/C29H35FN6O/c30-26-18-32-17-25(26)22-7-5-21(6-8-22)24-15-28-27(9-10-33-36(28)19-24)34-11-13-35(14-12-34)29(37)23-3-1-20(16-31)2-4-23/h5-8,10,15,19-20,23,25-27,32H,1-4,9,11-14,17-18H2/t20-,23-,25?,26?,27?. The number of nitrogens with zero attached hydrogens (tertiary/aromatic N) is 5. The van der Waals surface area contributed by atoms with Gasteiger partial charge >= 0.3 is 0 Å². The quantitative estimate of drug-likeness (QED) is 0.687. The van der Waals surface area contributed by atoms with E-state index in [-0.39, 0.29) is 29.7 Å². The van der Waals surface area contributed by atoms with Gasteiger partial charge in [-0.05, 0) is 42.9 Å². The normalized spacial score (nSPS) is 30.2. The lowest BCUT2D eigenvalue weighted by molar-refractivity contribution is -0.138. The number of benzene rings is 1. The molecule has 3 atom stereocenters. The first-order valence-corrected chi connectivity index (χ1v) is 13.7. The lowest BCUT2D eigenvalue weighted by atomic mass is 9.82. The van der Waals surface area contributed by atoms with Crippen LogP contribution in [0.4, 0.5) is 4.39 Å². The summed E-state index contributed by atoms with van der Waals surface area (Å²) in [6.07, 6.45) is 7.51. The summed E-state index contributed by atoms with van der Waals surface area (Å²) in [5.74, 6) is 0.427. The van der Waals surface area contributed by atoms with Crippen molar-refractivity contribution < 1.29 is 9.18 Å². The third-order valence-corrected chi connectivity index (χ3v) is 8.84. The minimum atomic E-state index is -0.822. The molecule has 0 spiro atoms. The van der Waals surface area contributed by atoms with Crippen molar-refractivity contribution in [3.8, 4) is 17.2 Å². The second kappa shape index (κ2) is 10.4. The predicted molar refractivity (Wildman–Crippen MR) is 141 cm³/mol. The summed E-state index contributed by atoms with van der Waals surface area (Å²) < 4.78 is 16.1. The van der Waals surface area contributed by atoms with Crippen LogP contribution in [0.2, 0.25) is 0 Å². The van der Waals surface area contributed by atoms with E-state index in [2.05, 4.69) is 57.9 Å². The molecular weight excluding hydrogens is 467 g/mol. The maximum atomic E-state index is 14.1. The lowest BCUT2D eigenvalue weighted by Gasteiger charge is -2.41. The molecular formula is C29H35FN6O. The van der Waals surface area contributed by atoms with E-state index in [1.807, 2.05) is 15.8 Å². The first kappa shape index (κ1) is 24.3. The largest absolute Gasteiger partial charge is 0.340 e. The summed E-state index contributed by atoms with van der Waals surface area (Å²) in [5.41, 5.74) is 4.46. The van der Waals surface area contributed by atoms with Gasteiger partial charge in [-0.25, -0.2) is 9.07 Å². The number of hydrogen-bond acceptors (Lipinski definition) is 5. The van der Waals surface area contributed by atoms with Crippen LogP contribution >= 0.6 is 0 Å². The Morgan fingerprint density at radius 3 is 2.46 bits per heavy atom. The predicted octanol–water partition coefficient (Wildman–Crippen LogP) is 3.93. The molecule has 0 radical (unpaired) electrons. The molecule has 4 heterocycles. The zero-order valence-electron chi connectivity index (χ0n) is 21.2. The van der Waals surface area contributed by atoms with Crippen LogP contribution in [0.25, 0.3) is 11.1 Å². The summed E-state index contributed by atoms with van der Waals surface area (Å²) in [7, 11) is 0. The Balaban J connectivity index is 1.10. The molecule has 8 heteroatoms. The third kappa shape index (κ3) is 4.83. The Labute approximate surface area is 217 Å². The molecule has 1 N–H and O–H groups in total. The average molecular weight is 503 g/mol. The van der Waals surface area contributed by atoms with Gasteiger partial charge in [-0.3, -0.25) is 9.69 Å². The van der Waals surface area contributed by atoms with Gasteiger partial charge in [0.1, 0.15) is 6.17 Å². The Morgan fingerprint density at radius 2 is 1.78 bits per heavy atom. The molecule has 1 aliphatic carbocycles. The molecule has 37 heavy (non-hydrogen) atoms. The number of nitriles is 1. The van der Waals surface area contributed by atoms with Crippen molar-refractivity contribution in [1.29, 1.82) is 5.26 Å². The van der Waals surface area contributed by atoms with Crippen molar-refractivity contribution in [1.82, 2.24) is 19.8 Å². The number of aromatic nitrogens is 1. The first-order valence-electron chi connectivity index (χ1n) is 13.7. The van der Waals surface area contributed by atoms with Crippen molar-refractivity contribution in [2.75, 3.05) is 39.3 Å². The zero-order chi connectivity index (χ0) is 25.4. The molecule has 4 aliphatic rings. The molecule has 194 valence electrons. The fourth-order valence-corrected chi connectivity index (χ4v) is 6.55. The molecule has 1 aromatic carbocycles. The average Bonchev–Trinajstić information content (AvgIpc) is 3.59. The second-order valence-electron chi connectivity index (χ2n) is 11.0. The van der Waals surface area contributed by atoms with E-state index in [4.69, 9.17) is 5.26 Å². The van der Waals surface area contributed by atoms with Crippen molar-refractivity contribution >= 4 is 12.1 Å². The summed E-state index contributed by atoms with van der Waals surface area (Å²) >= 11 is 0. The van der Waals surface area contributed by atoms with E-state index in [0.29, 0.717) is 13.1 Å². The number of carbonyl (C=O) groups is 1. The fraction of sp³-hybridized carbons (Fsp3) is 0.552. The number of nitrogens with one attached hydrogen (secondary N) is 1. The molecule has 1 saturated carbocycles. The van der Waals surface area contributed by atoms with Crippen LogP contribution in [0.1, 0.15) is 55.3 Å². The highest BCUT2D eigenvalue weighted by atomic mass is 19.1. The molecule has 2 saturated heterocycles. The highest BCUT2D eigenvalue weighted by Crippen LogP contribution is 2.35. The number of fused-ring (bicyclic) bond motifs is 1. The van der Waals surface area contributed by atoms with Gasteiger partial charge in [0.05, 0.1) is 17.8 Å². The van der Waals surface area contributed by atoms with Crippen LogP contribution in [-0.2, 0) is 4.79 Å². The number of rotatable bonds is 4. The molecule has 6 rings (SSSR count). The van der Waals surface area contributed by atoms with E-state index in [1.54, 1.807) is 0 Å².